The summed E-state index contributed by atoms with van der Waals surface area (Å²) >= 11 is 0. The molecule has 5 heteroatoms. The van der Waals surface area contributed by atoms with E-state index in [-0.39, 0.29) is 24.2 Å². The maximum Gasteiger partial charge on any atom is 0.346 e. The van der Waals surface area contributed by atoms with Gasteiger partial charge in [-0.25, -0.2) is 9.34 Å². The average molecular weight is 278 g/mol. The van der Waals surface area contributed by atoms with Crippen molar-refractivity contribution in [1.82, 2.24) is 9.34 Å². The first-order valence-corrected chi connectivity index (χ1v) is 8.36. The van der Waals surface area contributed by atoms with E-state index in [0.29, 0.717) is 0 Å². The van der Waals surface area contributed by atoms with Crippen LogP contribution < -0.4 is 0 Å². The van der Waals surface area contributed by atoms with Crippen LogP contribution in [0.3, 0.4) is 0 Å². The molecule has 0 aliphatic rings. The van der Waals surface area contributed by atoms with Crippen LogP contribution >= 0.6 is 7.67 Å². The Kier molecular flexibility index (Phi) is 7.09. The minimum atomic E-state index is -2.98. The molecule has 0 fully saturated rings. The Hall–Kier alpha value is 0.110. The van der Waals surface area contributed by atoms with Crippen LogP contribution in [0.2, 0.25) is 0 Å². The molecule has 0 aromatic carbocycles. The second-order valence-electron chi connectivity index (χ2n) is 5.81. The normalized spacial score (nSPS) is 13.9. The molecule has 0 aliphatic heterocycles. The van der Waals surface area contributed by atoms with Gasteiger partial charge in [0.25, 0.3) is 0 Å². The minimum Gasteiger partial charge on any atom is -0.309 e. The quantitative estimate of drug-likeness (QED) is 0.659. The summed E-state index contributed by atoms with van der Waals surface area (Å²) in [5.41, 5.74) is 0. The molecule has 110 valence electrons. The van der Waals surface area contributed by atoms with Gasteiger partial charge in [-0.1, -0.05) is 0 Å². The molecule has 18 heavy (non-hydrogen) atoms. The molecule has 0 saturated heterocycles. The highest BCUT2D eigenvalue weighted by molar-refractivity contribution is 7.54. The van der Waals surface area contributed by atoms with Crippen LogP contribution in [-0.4, -0.2) is 40.6 Å². The van der Waals surface area contributed by atoms with E-state index < -0.39 is 7.67 Å². The van der Waals surface area contributed by atoms with Crippen molar-refractivity contribution in [3.63, 3.8) is 0 Å². The van der Waals surface area contributed by atoms with Crippen molar-refractivity contribution in [2.24, 2.45) is 0 Å². The topological polar surface area (TPSA) is 32.8 Å². The maximum absolute atomic E-state index is 13.4. The molecule has 0 amide bonds. The van der Waals surface area contributed by atoms with Gasteiger partial charge in [-0.3, -0.25) is 4.57 Å². The summed E-state index contributed by atoms with van der Waals surface area (Å²) in [6.45, 7) is 16.5. The van der Waals surface area contributed by atoms with E-state index in [0.717, 1.165) is 0 Å². The van der Waals surface area contributed by atoms with Crippen LogP contribution in [0.4, 0.5) is 0 Å². The van der Waals surface area contributed by atoms with Crippen molar-refractivity contribution >= 4 is 7.67 Å². The Balaban J connectivity index is 5.62. The van der Waals surface area contributed by atoms with Gasteiger partial charge >= 0.3 is 7.67 Å². The standard InChI is InChI=1S/C13H31N2O2P/c1-10(2)14(11(3)4)18(16,17-9)15(12(5)6)13(7)8/h10-13H,1-9H3. The molecule has 0 saturated carbocycles. The number of nitrogens with zero attached hydrogens (tertiary/aromatic N) is 2. The van der Waals surface area contributed by atoms with E-state index in [2.05, 4.69) is 55.4 Å². The Labute approximate surface area is 113 Å². The van der Waals surface area contributed by atoms with Crippen LogP contribution in [0.1, 0.15) is 55.4 Å². The summed E-state index contributed by atoms with van der Waals surface area (Å²) in [6.07, 6.45) is 0. The Bertz CT molecular complexity index is 251. The molecule has 0 unspecified atom stereocenters. The molecule has 0 radical (unpaired) electrons. The van der Waals surface area contributed by atoms with Gasteiger partial charge in [-0.05, 0) is 55.4 Å². The molecule has 0 aromatic rings. The molecular formula is C13H31N2O2P. The number of hydrogen-bond acceptors (Lipinski definition) is 2. The van der Waals surface area contributed by atoms with Gasteiger partial charge < -0.3 is 4.52 Å². The lowest BCUT2D eigenvalue weighted by Crippen LogP contribution is -2.45. The zero-order valence-electron chi connectivity index (χ0n) is 13.5. The number of hydrogen-bond donors (Lipinski definition) is 0. The lowest BCUT2D eigenvalue weighted by atomic mass is 10.3. The molecule has 0 aromatic heterocycles. The highest BCUT2D eigenvalue weighted by Gasteiger charge is 2.43. The van der Waals surface area contributed by atoms with Crippen molar-refractivity contribution in [3.8, 4) is 0 Å². The summed E-state index contributed by atoms with van der Waals surface area (Å²) in [6, 6.07) is 0.707. The van der Waals surface area contributed by atoms with Gasteiger partial charge in [0, 0.05) is 31.3 Å². The van der Waals surface area contributed by atoms with Gasteiger partial charge in [0.2, 0.25) is 0 Å². The van der Waals surface area contributed by atoms with E-state index in [4.69, 9.17) is 4.52 Å². The Morgan fingerprint density at radius 2 is 0.944 bits per heavy atom. The molecule has 0 bridgehead atoms. The third-order valence-electron chi connectivity index (χ3n) is 2.94. The predicted octanol–water partition coefficient (Wildman–Crippen LogP) is 3.98. The first kappa shape index (κ1) is 18.1. The van der Waals surface area contributed by atoms with E-state index >= 15 is 0 Å². The lowest BCUT2D eigenvalue weighted by molar-refractivity contribution is 0.165. The third kappa shape index (κ3) is 3.80. The zero-order chi connectivity index (χ0) is 14.7. The molecule has 0 rings (SSSR count). The summed E-state index contributed by atoms with van der Waals surface area (Å²) in [4.78, 5) is 0. The van der Waals surface area contributed by atoms with Crippen molar-refractivity contribution < 1.29 is 9.09 Å². The zero-order valence-corrected chi connectivity index (χ0v) is 14.4. The molecule has 0 N–H and O–H groups in total. The summed E-state index contributed by atoms with van der Waals surface area (Å²) in [5, 5.41) is 0. The van der Waals surface area contributed by atoms with Crippen LogP contribution in [0.15, 0.2) is 0 Å². The minimum absolute atomic E-state index is 0.177. The monoisotopic (exact) mass is 278 g/mol. The third-order valence-corrected chi connectivity index (χ3v) is 6.43. The fourth-order valence-electron chi connectivity index (χ4n) is 2.67. The largest absolute Gasteiger partial charge is 0.346 e. The average Bonchev–Trinajstić information content (AvgIpc) is 2.14. The van der Waals surface area contributed by atoms with Crippen molar-refractivity contribution in [3.05, 3.63) is 0 Å². The van der Waals surface area contributed by atoms with Crippen LogP contribution in [0, 0.1) is 0 Å². The first-order valence-electron chi connectivity index (χ1n) is 6.82. The maximum atomic E-state index is 13.4. The van der Waals surface area contributed by atoms with E-state index in [9.17, 15) is 4.57 Å². The van der Waals surface area contributed by atoms with Crippen molar-refractivity contribution in [2.75, 3.05) is 7.11 Å². The van der Waals surface area contributed by atoms with Crippen LogP contribution in [0.5, 0.6) is 0 Å². The van der Waals surface area contributed by atoms with Gasteiger partial charge in [0.15, 0.2) is 0 Å². The summed E-state index contributed by atoms with van der Waals surface area (Å²) in [5.74, 6) is 0. The van der Waals surface area contributed by atoms with Gasteiger partial charge in [0.1, 0.15) is 0 Å². The van der Waals surface area contributed by atoms with Gasteiger partial charge in [0.05, 0.1) is 0 Å². The first-order chi connectivity index (χ1) is 8.09. The van der Waals surface area contributed by atoms with Crippen molar-refractivity contribution in [2.45, 2.75) is 79.6 Å². The molecule has 0 spiro atoms. The molecule has 0 heterocycles. The number of rotatable bonds is 7. The highest BCUT2D eigenvalue weighted by Crippen LogP contribution is 2.57. The summed E-state index contributed by atoms with van der Waals surface area (Å²) in [7, 11) is -1.43. The SMILES string of the molecule is COP(=O)(N(C(C)C)C(C)C)N(C(C)C)C(C)C. The Morgan fingerprint density at radius 3 is 1.06 bits per heavy atom. The molecule has 0 aliphatic carbocycles. The smallest absolute Gasteiger partial charge is 0.309 e. The van der Waals surface area contributed by atoms with E-state index in [1.54, 1.807) is 7.11 Å². The summed E-state index contributed by atoms with van der Waals surface area (Å²) < 4.78 is 22.9. The second kappa shape index (κ2) is 7.04. The van der Waals surface area contributed by atoms with Crippen LogP contribution in [-0.2, 0) is 9.09 Å². The molecule has 4 nitrogen and oxygen atoms in total. The van der Waals surface area contributed by atoms with Gasteiger partial charge in [-0.2, -0.15) is 0 Å². The highest BCUT2D eigenvalue weighted by atomic mass is 31.2. The van der Waals surface area contributed by atoms with Gasteiger partial charge in [-0.15, -0.1) is 0 Å². The molecular weight excluding hydrogens is 247 g/mol. The Morgan fingerprint density at radius 1 is 0.722 bits per heavy atom. The van der Waals surface area contributed by atoms with Crippen LogP contribution in [0.25, 0.3) is 0 Å². The fourth-order valence-corrected chi connectivity index (χ4v) is 5.62. The fraction of sp³-hybridized carbons (Fsp3) is 1.00. The molecule has 0 atom stereocenters. The predicted molar refractivity (Wildman–Crippen MR) is 78.8 cm³/mol. The van der Waals surface area contributed by atoms with E-state index in [1.165, 1.54) is 0 Å². The van der Waals surface area contributed by atoms with Crippen molar-refractivity contribution in [1.29, 1.82) is 0 Å². The second-order valence-corrected chi connectivity index (χ2v) is 8.08. The van der Waals surface area contributed by atoms with E-state index in [1.807, 2.05) is 9.34 Å². The lowest BCUT2D eigenvalue weighted by Gasteiger charge is -2.45.